The van der Waals surface area contributed by atoms with E-state index in [1.807, 2.05) is 66.9 Å². The van der Waals surface area contributed by atoms with Gasteiger partial charge in [0.05, 0.1) is 5.69 Å². The number of aromatic nitrogens is 2. The number of hydrogen-bond donors (Lipinski definition) is 1. The zero-order valence-corrected chi connectivity index (χ0v) is 23.7. The highest BCUT2D eigenvalue weighted by molar-refractivity contribution is 5.96. The second-order valence-corrected chi connectivity index (χ2v) is 10.0. The molecule has 212 valence electrons. The number of allylic oxidation sites excluding steroid dienone is 5. The molecule has 6 nitrogen and oxygen atoms in total. The number of nitrogens with one attached hydrogen (secondary N) is 1. The summed E-state index contributed by atoms with van der Waals surface area (Å²) < 4.78 is 15.2. The van der Waals surface area contributed by atoms with Crippen LogP contribution in [0.2, 0.25) is 0 Å². The van der Waals surface area contributed by atoms with Crippen LogP contribution in [0.25, 0.3) is 11.2 Å². The van der Waals surface area contributed by atoms with E-state index in [-0.39, 0.29) is 13.2 Å². The van der Waals surface area contributed by atoms with Crippen molar-refractivity contribution in [1.82, 2.24) is 14.7 Å². The fraction of sp³-hybridized carbons (Fsp3) is 0.235. The Morgan fingerprint density at radius 2 is 1.66 bits per heavy atom. The third-order valence-electron chi connectivity index (χ3n) is 7.45. The minimum Gasteiger partial charge on any atom is -0.368 e. The molecule has 0 bridgehead atoms. The van der Waals surface area contributed by atoms with E-state index < -0.39 is 0 Å². The molecular weight excluding hydrogens is 513 g/mol. The normalized spacial score (nSPS) is 14.2. The molecule has 1 N–H and O–H groups in total. The fourth-order valence-corrected chi connectivity index (χ4v) is 5.33. The van der Waals surface area contributed by atoms with Gasteiger partial charge in [-0.3, -0.25) is 9.20 Å². The Morgan fingerprint density at radius 1 is 1.02 bits per heavy atom. The number of nitrogens with zero attached hydrogens (tertiary/aromatic N) is 4. The van der Waals surface area contributed by atoms with Crippen molar-refractivity contribution in [3.05, 3.63) is 126 Å². The highest BCUT2D eigenvalue weighted by Crippen LogP contribution is 2.25. The van der Waals surface area contributed by atoms with Gasteiger partial charge in [-0.1, -0.05) is 49.9 Å². The molecule has 2 aromatic carbocycles. The van der Waals surface area contributed by atoms with Crippen molar-refractivity contribution < 1.29 is 10.6 Å². The maximum Gasteiger partial charge on any atom is 0.270 e. The van der Waals surface area contributed by atoms with Crippen LogP contribution in [-0.4, -0.2) is 41.5 Å². The molecule has 3 heterocycles. The third kappa shape index (κ3) is 6.09. The number of aryl methyl sites for hydroxylation is 1. The molecule has 0 atom stereocenters. The summed E-state index contributed by atoms with van der Waals surface area (Å²) in [5.41, 5.74) is 7.27. The van der Waals surface area contributed by atoms with E-state index >= 15 is 0 Å². The zero-order valence-electron chi connectivity index (χ0n) is 23.7. The SMILES string of the molecule is C=C/C=C(\C=C/C)c1cccn2c(C(=O)NCc3ccc(N4CCN(c5ccc(F)cc5)CC4)cc3)c(CC)nc12.[HH]. The standard InChI is InChI=1S/C34H36FN5O.H2/c1-4-8-26(9-5-2)30-10-7-19-40-32(31(6-3)37-33(30)40)34(41)36-24-25-11-15-28(16-12-25)38-20-22-39(23-21-38)29-17-13-27(35)14-18-29;/h4-5,7-19H,1,6,20-24H2,2-3H3,(H,36,41);1H/b9-5-,26-8+;. The van der Waals surface area contributed by atoms with E-state index in [0.717, 1.165) is 65.6 Å². The zero-order chi connectivity index (χ0) is 28.8. The second-order valence-electron chi connectivity index (χ2n) is 10.0. The number of hydrogen-bond acceptors (Lipinski definition) is 4. The van der Waals surface area contributed by atoms with Crippen molar-refractivity contribution in [3.63, 3.8) is 0 Å². The van der Waals surface area contributed by atoms with Crippen molar-refractivity contribution in [1.29, 1.82) is 0 Å². The predicted octanol–water partition coefficient (Wildman–Crippen LogP) is 6.68. The molecule has 4 aromatic rings. The minimum absolute atomic E-state index is 0. The van der Waals surface area contributed by atoms with Crippen LogP contribution in [0, 0.1) is 5.82 Å². The number of piperazine rings is 1. The summed E-state index contributed by atoms with van der Waals surface area (Å²) in [5, 5.41) is 3.10. The lowest BCUT2D eigenvalue weighted by atomic mass is 10.1. The smallest absolute Gasteiger partial charge is 0.270 e. The van der Waals surface area contributed by atoms with Crippen molar-refractivity contribution in [3.8, 4) is 0 Å². The molecule has 7 heteroatoms. The van der Waals surface area contributed by atoms with Crippen LogP contribution >= 0.6 is 0 Å². The van der Waals surface area contributed by atoms with E-state index in [0.29, 0.717) is 18.7 Å². The van der Waals surface area contributed by atoms with Crippen molar-refractivity contribution in [2.75, 3.05) is 36.0 Å². The number of anilines is 2. The Morgan fingerprint density at radius 3 is 2.24 bits per heavy atom. The number of pyridine rings is 1. The van der Waals surface area contributed by atoms with Gasteiger partial charge in [-0.25, -0.2) is 9.37 Å². The summed E-state index contributed by atoms with van der Waals surface area (Å²) in [5.74, 6) is -0.356. The average molecular weight is 552 g/mol. The summed E-state index contributed by atoms with van der Waals surface area (Å²) >= 11 is 0. The van der Waals surface area contributed by atoms with Crippen LogP contribution in [0.4, 0.5) is 15.8 Å². The molecule has 0 unspecified atom stereocenters. The van der Waals surface area contributed by atoms with Gasteiger partial charge in [0, 0.05) is 57.3 Å². The molecule has 1 aliphatic heterocycles. The van der Waals surface area contributed by atoms with Gasteiger partial charge < -0.3 is 15.1 Å². The van der Waals surface area contributed by atoms with Gasteiger partial charge in [-0.2, -0.15) is 0 Å². The highest BCUT2D eigenvalue weighted by atomic mass is 19.1. The third-order valence-corrected chi connectivity index (χ3v) is 7.45. The highest BCUT2D eigenvalue weighted by Gasteiger charge is 2.21. The van der Waals surface area contributed by atoms with E-state index in [9.17, 15) is 9.18 Å². The summed E-state index contributed by atoms with van der Waals surface area (Å²) in [4.78, 5) is 22.9. The van der Waals surface area contributed by atoms with Crippen LogP contribution in [-0.2, 0) is 13.0 Å². The first-order valence-electron chi connectivity index (χ1n) is 14.1. The number of fused-ring (bicyclic) bond motifs is 1. The van der Waals surface area contributed by atoms with Crippen LogP contribution in [0.3, 0.4) is 0 Å². The molecule has 2 aromatic heterocycles. The maximum absolute atomic E-state index is 13.4. The number of amides is 1. The van der Waals surface area contributed by atoms with E-state index in [1.165, 1.54) is 12.1 Å². The van der Waals surface area contributed by atoms with Gasteiger partial charge in [0.2, 0.25) is 0 Å². The lowest BCUT2D eigenvalue weighted by Crippen LogP contribution is -2.46. The van der Waals surface area contributed by atoms with Gasteiger partial charge in [-0.15, -0.1) is 0 Å². The van der Waals surface area contributed by atoms with Gasteiger partial charge in [-0.05, 0) is 73.0 Å². The molecule has 1 amide bonds. The van der Waals surface area contributed by atoms with E-state index in [1.54, 1.807) is 6.08 Å². The van der Waals surface area contributed by atoms with Gasteiger partial charge in [0.25, 0.3) is 5.91 Å². The van der Waals surface area contributed by atoms with Crippen molar-refractivity contribution in [2.45, 2.75) is 26.8 Å². The number of rotatable bonds is 9. The molecule has 0 spiro atoms. The summed E-state index contributed by atoms with van der Waals surface area (Å²) in [7, 11) is 0. The molecule has 0 saturated carbocycles. The number of carbonyl (C=O) groups excluding carboxylic acids is 1. The van der Waals surface area contributed by atoms with E-state index in [4.69, 9.17) is 4.98 Å². The molecule has 5 rings (SSSR count). The number of imidazole rings is 1. The Bertz CT molecular complexity index is 1580. The minimum atomic E-state index is -0.211. The van der Waals surface area contributed by atoms with E-state index in [2.05, 4.69) is 46.0 Å². The molecule has 0 radical (unpaired) electrons. The molecule has 1 saturated heterocycles. The average Bonchev–Trinajstić information content (AvgIpc) is 3.40. The summed E-state index contributed by atoms with van der Waals surface area (Å²) in [6.07, 6.45) is 10.3. The van der Waals surface area contributed by atoms with Crippen molar-refractivity contribution >= 4 is 28.5 Å². The Balaban J connectivity index is 0.00000405. The largest absolute Gasteiger partial charge is 0.368 e. The molecule has 0 aliphatic carbocycles. The quantitative estimate of drug-likeness (QED) is 0.236. The monoisotopic (exact) mass is 551 g/mol. The maximum atomic E-state index is 13.4. The summed E-state index contributed by atoms with van der Waals surface area (Å²) in [6.45, 7) is 11.8. The molecule has 1 fully saturated rings. The van der Waals surface area contributed by atoms with Crippen LogP contribution in [0.15, 0.2) is 97.7 Å². The lowest BCUT2D eigenvalue weighted by molar-refractivity contribution is 0.0944. The van der Waals surface area contributed by atoms with Crippen LogP contribution in [0.1, 0.15) is 42.6 Å². The van der Waals surface area contributed by atoms with Gasteiger partial charge >= 0.3 is 0 Å². The Labute approximate surface area is 242 Å². The van der Waals surface area contributed by atoms with Crippen LogP contribution < -0.4 is 15.1 Å². The topological polar surface area (TPSA) is 52.9 Å². The lowest BCUT2D eigenvalue weighted by Gasteiger charge is -2.37. The fourth-order valence-electron chi connectivity index (χ4n) is 5.33. The number of carbonyl (C=O) groups is 1. The van der Waals surface area contributed by atoms with Gasteiger partial charge in [0.15, 0.2) is 0 Å². The molecule has 1 aliphatic rings. The number of benzene rings is 2. The second kappa shape index (κ2) is 12.7. The summed E-state index contributed by atoms with van der Waals surface area (Å²) in [6, 6.07) is 19.0. The van der Waals surface area contributed by atoms with Crippen molar-refractivity contribution in [2.24, 2.45) is 0 Å². The first-order valence-corrected chi connectivity index (χ1v) is 14.1. The molecular formula is C34H38FN5O. The Kier molecular flexibility index (Phi) is 8.63. The molecule has 41 heavy (non-hydrogen) atoms. The Hall–Kier alpha value is -4.65. The first kappa shape index (κ1) is 27.9. The number of halogens is 1. The van der Waals surface area contributed by atoms with Gasteiger partial charge in [0.1, 0.15) is 17.2 Å². The predicted molar refractivity (Wildman–Crippen MR) is 168 cm³/mol. The first-order chi connectivity index (χ1) is 20.0. The van der Waals surface area contributed by atoms with Crippen LogP contribution in [0.5, 0.6) is 0 Å².